The number of rotatable bonds is 2. The van der Waals surface area contributed by atoms with Crippen molar-refractivity contribution in [2.24, 2.45) is 11.8 Å². The summed E-state index contributed by atoms with van der Waals surface area (Å²) in [4.78, 5) is 31.9. The molecule has 0 unspecified atom stereocenters. The van der Waals surface area contributed by atoms with E-state index in [0.717, 1.165) is 64.1 Å². The Bertz CT molecular complexity index is 787. The van der Waals surface area contributed by atoms with E-state index in [2.05, 4.69) is 22.0 Å². The fourth-order valence-corrected chi connectivity index (χ4v) is 6.22. The highest BCUT2D eigenvalue weighted by Crippen LogP contribution is 2.39. The first kappa shape index (κ1) is 19.9. The van der Waals surface area contributed by atoms with Gasteiger partial charge >= 0.3 is 6.03 Å². The van der Waals surface area contributed by atoms with E-state index in [1.165, 1.54) is 18.4 Å². The van der Waals surface area contributed by atoms with Gasteiger partial charge in [0.05, 0.1) is 0 Å². The molecular weight excluding hydrogens is 376 g/mol. The second-order valence-corrected chi connectivity index (χ2v) is 9.84. The molecule has 0 saturated carbocycles. The Balaban J connectivity index is 1.15. The van der Waals surface area contributed by atoms with Crippen molar-refractivity contribution in [3.05, 3.63) is 29.8 Å². The summed E-state index contributed by atoms with van der Waals surface area (Å²) >= 11 is 0. The summed E-state index contributed by atoms with van der Waals surface area (Å²) in [6.45, 7) is 6.91. The number of urea groups is 1. The zero-order valence-electron chi connectivity index (χ0n) is 18.1. The monoisotopic (exact) mass is 410 g/mol. The van der Waals surface area contributed by atoms with Gasteiger partial charge in [0.1, 0.15) is 0 Å². The molecule has 3 atom stereocenters. The molecule has 0 aromatic heterocycles. The van der Waals surface area contributed by atoms with E-state index in [9.17, 15) is 9.59 Å². The Morgan fingerprint density at radius 3 is 2.57 bits per heavy atom. The van der Waals surface area contributed by atoms with Crippen molar-refractivity contribution >= 4 is 17.6 Å². The van der Waals surface area contributed by atoms with E-state index in [1.54, 1.807) is 0 Å². The number of likely N-dealkylation sites (tertiary alicyclic amines) is 2. The molecule has 4 fully saturated rings. The van der Waals surface area contributed by atoms with Crippen LogP contribution in [0.15, 0.2) is 24.3 Å². The van der Waals surface area contributed by atoms with Crippen LogP contribution in [0.1, 0.15) is 44.1 Å². The van der Waals surface area contributed by atoms with Crippen molar-refractivity contribution in [2.45, 2.75) is 57.5 Å². The molecule has 5 rings (SSSR count). The number of aryl methyl sites for hydroxylation is 1. The van der Waals surface area contributed by atoms with Crippen molar-refractivity contribution in [1.29, 1.82) is 0 Å². The predicted octanol–water partition coefficient (Wildman–Crippen LogP) is 3.32. The van der Waals surface area contributed by atoms with E-state index >= 15 is 0 Å². The number of fused-ring (bicyclic) bond motifs is 4. The van der Waals surface area contributed by atoms with E-state index in [4.69, 9.17) is 0 Å². The van der Waals surface area contributed by atoms with Crippen LogP contribution in [-0.4, -0.2) is 71.4 Å². The molecule has 1 N–H and O–H groups in total. The first-order chi connectivity index (χ1) is 14.6. The van der Waals surface area contributed by atoms with Crippen LogP contribution in [0.25, 0.3) is 0 Å². The maximum absolute atomic E-state index is 12.6. The maximum atomic E-state index is 12.6. The molecular formula is C24H34N4O2. The van der Waals surface area contributed by atoms with Gasteiger partial charge in [-0.1, -0.05) is 17.7 Å². The SMILES string of the molecule is Cc1ccc(NC(=O)N2CCC(N3C[C@H]4C[C@H](C3)[C@H]3CCCC(=O)N3C4)CC2)cc1. The normalized spacial score (nSPS) is 30.2. The number of hydrogen-bond donors (Lipinski definition) is 1. The first-order valence-corrected chi connectivity index (χ1v) is 11.7. The van der Waals surface area contributed by atoms with Gasteiger partial charge in [-0.2, -0.15) is 0 Å². The molecule has 0 spiro atoms. The van der Waals surface area contributed by atoms with Gasteiger partial charge in [0.2, 0.25) is 5.91 Å². The molecule has 3 amide bonds. The van der Waals surface area contributed by atoms with Crippen molar-refractivity contribution in [1.82, 2.24) is 14.7 Å². The van der Waals surface area contributed by atoms with Gasteiger partial charge in [0.15, 0.2) is 0 Å². The fourth-order valence-electron chi connectivity index (χ4n) is 6.22. The zero-order chi connectivity index (χ0) is 20.7. The lowest BCUT2D eigenvalue weighted by atomic mass is 9.75. The van der Waals surface area contributed by atoms with Crippen molar-refractivity contribution in [3.63, 3.8) is 0 Å². The summed E-state index contributed by atoms with van der Waals surface area (Å²) in [5.74, 6) is 1.66. The second-order valence-electron chi connectivity index (χ2n) is 9.84. The third kappa shape index (κ3) is 3.94. The molecule has 162 valence electrons. The number of anilines is 1. The Kier molecular flexibility index (Phi) is 5.44. The van der Waals surface area contributed by atoms with Crippen LogP contribution in [-0.2, 0) is 4.79 Å². The Hall–Kier alpha value is -2.08. The molecule has 1 aromatic carbocycles. The van der Waals surface area contributed by atoms with Crippen LogP contribution >= 0.6 is 0 Å². The number of nitrogens with zero attached hydrogens (tertiary/aromatic N) is 3. The number of hydrogen-bond acceptors (Lipinski definition) is 3. The van der Waals surface area contributed by atoms with E-state index in [-0.39, 0.29) is 6.03 Å². The van der Waals surface area contributed by atoms with Crippen molar-refractivity contribution in [2.75, 3.05) is 38.0 Å². The summed E-state index contributed by atoms with van der Waals surface area (Å²) in [5.41, 5.74) is 2.06. The van der Waals surface area contributed by atoms with Crippen molar-refractivity contribution in [3.8, 4) is 0 Å². The minimum absolute atomic E-state index is 0.0178. The van der Waals surface area contributed by atoms with Gasteiger partial charge in [0.25, 0.3) is 0 Å². The summed E-state index contributed by atoms with van der Waals surface area (Å²) in [6.07, 6.45) is 6.40. The average Bonchev–Trinajstić information content (AvgIpc) is 2.76. The lowest BCUT2D eigenvalue weighted by Crippen LogP contribution is -2.62. The second kappa shape index (κ2) is 8.22. The fraction of sp³-hybridized carbons (Fsp3) is 0.667. The number of benzene rings is 1. The molecule has 30 heavy (non-hydrogen) atoms. The van der Waals surface area contributed by atoms with Crippen LogP contribution in [0.2, 0.25) is 0 Å². The predicted molar refractivity (Wildman–Crippen MR) is 117 cm³/mol. The molecule has 4 saturated heterocycles. The van der Waals surface area contributed by atoms with Gasteiger partial charge in [0, 0.05) is 56.9 Å². The first-order valence-electron chi connectivity index (χ1n) is 11.7. The molecule has 0 radical (unpaired) electrons. The summed E-state index contributed by atoms with van der Waals surface area (Å²) < 4.78 is 0. The number of carbonyl (C=O) groups is 2. The van der Waals surface area contributed by atoms with Crippen LogP contribution in [0, 0.1) is 18.8 Å². The largest absolute Gasteiger partial charge is 0.339 e. The number of piperidine rings is 4. The van der Waals surface area contributed by atoms with E-state index in [1.807, 2.05) is 29.2 Å². The molecule has 4 heterocycles. The van der Waals surface area contributed by atoms with Gasteiger partial charge in [-0.05, 0) is 63.0 Å². The molecule has 4 aliphatic rings. The van der Waals surface area contributed by atoms with Crippen molar-refractivity contribution < 1.29 is 9.59 Å². The number of nitrogens with one attached hydrogen (secondary N) is 1. The van der Waals surface area contributed by atoms with Crippen LogP contribution in [0.3, 0.4) is 0 Å². The van der Waals surface area contributed by atoms with E-state index < -0.39 is 0 Å². The zero-order valence-corrected chi connectivity index (χ0v) is 18.1. The molecule has 1 aromatic rings. The maximum Gasteiger partial charge on any atom is 0.321 e. The lowest BCUT2D eigenvalue weighted by Gasteiger charge is -2.54. The third-order valence-electron chi connectivity index (χ3n) is 7.78. The standard InChI is InChI=1S/C24H34N4O2/c1-17-5-7-20(8-6-17)25-24(30)26-11-9-21(10-12-26)27-14-18-13-19(16-27)22-3-2-4-23(29)28(22)15-18/h5-8,18-19,21-22H,2-4,9-16H2,1H3,(H,25,30)/t18-,19-,22-/m1/s1. The smallest absolute Gasteiger partial charge is 0.321 e. The quantitative estimate of drug-likeness (QED) is 0.814. The highest BCUT2D eigenvalue weighted by molar-refractivity contribution is 5.89. The molecule has 4 aliphatic heterocycles. The Morgan fingerprint density at radius 1 is 1.03 bits per heavy atom. The van der Waals surface area contributed by atoms with Gasteiger partial charge in [-0.15, -0.1) is 0 Å². The summed E-state index contributed by atoms with van der Waals surface area (Å²) in [6, 6.07) is 9.04. The highest BCUT2D eigenvalue weighted by atomic mass is 16.2. The lowest BCUT2D eigenvalue weighted by molar-refractivity contribution is -0.145. The number of carbonyl (C=O) groups excluding carboxylic acids is 2. The van der Waals surface area contributed by atoms with E-state index in [0.29, 0.717) is 29.8 Å². The van der Waals surface area contributed by atoms with Crippen LogP contribution in [0.5, 0.6) is 0 Å². The average molecular weight is 411 g/mol. The van der Waals surface area contributed by atoms with Gasteiger partial charge in [-0.25, -0.2) is 4.79 Å². The molecule has 2 bridgehead atoms. The highest BCUT2D eigenvalue weighted by Gasteiger charge is 2.45. The summed E-state index contributed by atoms with van der Waals surface area (Å²) in [7, 11) is 0. The minimum atomic E-state index is 0.0178. The molecule has 6 nitrogen and oxygen atoms in total. The Labute approximate surface area is 179 Å². The Morgan fingerprint density at radius 2 is 1.80 bits per heavy atom. The number of amides is 3. The molecule has 0 aliphatic carbocycles. The van der Waals surface area contributed by atoms with Gasteiger partial charge < -0.3 is 15.1 Å². The minimum Gasteiger partial charge on any atom is -0.339 e. The third-order valence-corrected chi connectivity index (χ3v) is 7.78. The molecule has 6 heteroatoms. The topological polar surface area (TPSA) is 55.9 Å². The summed E-state index contributed by atoms with van der Waals surface area (Å²) in [5, 5.41) is 3.04. The van der Waals surface area contributed by atoms with Crippen LogP contribution < -0.4 is 5.32 Å². The van der Waals surface area contributed by atoms with Gasteiger partial charge in [-0.3, -0.25) is 9.69 Å². The van der Waals surface area contributed by atoms with Crippen LogP contribution in [0.4, 0.5) is 10.5 Å².